The quantitative estimate of drug-likeness (QED) is 0.790. The van der Waals surface area contributed by atoms with E-state index >= 15 is 0 Å². The first-order chi connectivity index (χ1) is 15.1. The van der Waals surface area contributed by atoms with Crippen molar-refractivity contribution in [1.82, 2.24) is 19.7 Å². The van der Waals surface area contributed by atoms with Gasteiger partial charge in [-0.3, -0.25) is 14.5 Å². The summed E-state index contributed by atoms with van der Waals surface area (Å²) >= 11 is 0. The van der Waals surface area contributed by atoms with E-state index in [4.69, 9.17) is 9.15 Å². The van der Waals surface area contributed by atoms with Crippen molar-refractivity contribution < 1.29 is 18.7 Å². The Hall–Kier alpha value is -2.32. The van der Waals surface area contributed by atoms with Crippen LogP contribution in [0, 0.1) is 0 Å². The van der Waals surface area contributed by atoms with E-state index in [1.165, 1.54) is 6.42 Å². The molecule has 2 fully saturated rings. The lowest BCUT2D eigenvalue weighted by molar-refractivity contribution is -0.134. The minimum Gasteiger partial charge on any atom is -0.463 e. The predicted octanol–water partition coefficient (Wildman–Crippen LogP) is 2.23. The number of ether oxygens (including phenoxy) is 1. The molecule has 0 radical (unpaired) electrons. The van der Waals surface area contributed by atoms with Gasteiger partial charge in [0.15, 0.2) is 5.58 Å². The van der Waals surface area contributed by atoms with Crippen LogP contribution in [0.25, 0.3) is 11.1 Å². The lowest BCUT2D eigenvalue weighted by atomic mass is 9.91. The average Bonchev–Trinajstić information content (AvgIpc) is 3.37. The van der Waals surface area contributed by atoms with Crippen molar-refractivity contribution in [3.05, 3.63) is 24.1 Å². The van der Waals surface area contributed by atoms with Crippen molar-refractivity contribution in [3.63, 3.8) is 0 Å². The number of fused-ring (bicyclic) bond motifs is 3. The third-order valence-electron chi connectivity index (χ3n) is 7.22. The van der Waals surface area contributed by atoms with Gasteiger partial charge in [0.1, 0.15) is 11.2 Å². The Balaban J connectivity index is 1.43. The maximum absolute atomic E-state index is 13.6. The van der Waals surface area contributed by atoms with Crippen LogP contribution in [0.1, 0.15) is 49.5 Å². The molecular weight excluding hydrogens is 396 g/mol. The smallest absolute Gasteiger partial charge is 0.271 e. The van der Waals surface area contributed by atoms with Crippen LogP contribution >= 0.6 is 0 Å². The van der Waals surface area contributed by atoms with Crippen molar-refractivity contribution in [1.29, 1.82) is 0 Å². The highest BCUT2D eigenvalue weighted by Crippen LogP contribution is 2.33. The molecule has 5 rings (SSSR count). The number of morpholine rings is 1. The number of amides is 2. The van der Waals surface area contributed by atoms with E-state index in [2.05, 4.69) is 10.2 Å². The lowest BCUT2D eigenvalue weighted by Crippen LogP contribution is -2.66. The molecule has 0 unspecified atom stereocenters. The van der Waals surface area contributed by atoms with Gasteiger partial charge in [0.2, 0.25) is 5.91 Å². The van der Waals surface area contributed by atoms with Crippen molar-refractivity contribution >= 4 is 22.9 Å². The Morgan fingerprint density at radius 3 is 2.74 bits per heavy atom. The number of carbonyl (C=O) groups excluding carboxylic acids is 2. The van der Waals surface area contributed by atoms with Crippen LogP contribution < -0.4 is 5.32 Å². The van der Waals surface area contributed by atoms with Gasteiger partial charge in [-0.05, 0) is 19.8 Å². The molecule has 0 bridgehead atoms. The van der Waals surface area contributed by atoms with Gasteiger partial charge in [0.05, 0.1) is 31.5 Å². The molecule has 1 aliphatic carbocycles. The van der Waals surface area contributed by atoms with Gasteiger partial charge in [-0.1, -0.05) is 19.3 Å². The fraction of sp³-hybridized carbons (Fsp3) is 0.652. The van der Waals surface area contributed by atoms with Crippen molar-refractivity contribution in [2.75, 3.05) is 39.4 Å². The number of hydrogen-bond donors (Lipinski definition) is 1. The van der Waals surface area contributed by atoms with E-state index in [1.807, 2.05) is 17.6 Å². The summed E-state index contributed by atoms with van der Waals surface area (Å²) in [6, 6.07) is 3.88. The third-order valence-corrected chi connectivity index (χ3v) is 7.22. The van der Waals surface area contributed by atoms with Gasteiger partial charge in [-0.15, -0.1) is 0 Å². The van der Waals surface area contributed by atoms with Crippen LogP contribution in [0.3, 0.4) is 0 Å². The maximum Gasteiger partial charge on any atom is 0.271 e. The van der Waals surface area contributed by atoms with E-state index in [1.54, 1.807) is 17.2 Å². The fourth-order valence-corrected chi connectivity index (χ4v) is 5.28. The highest BCUT2D eigenvalue weighted by molar-refractivity contribution is 6.02. The molecule has 8 heteroatoms. The molecule has 1 N–H and O–H groups in total. The molecule has 4 heterocycles. The summed E-state index contributed by atoms with van der Waals surface area (Å²) < 4.78 is 12.9. The number of nitrogens with one attached hydrogen (secondary N) is 1. The second kappa shape index (κ2) is 8.31. The van der Waals surface area contributed by atoms with Crippen molar-refractivity contribution in [3.8, 4) is 0 Å². The fourth-order valence-electron chi connectivity index (χ4n) is 5.28. The van der Waals surface area contributed by atoms with Gasteiger partial charge in [-0.25, -0.2) is 0 Å². The first-order valence-corrected chi connectivity index (χ1v) is 11.6. The molecule has 0 spiro atoms. The van der Waals surface area contributed by atoms with Gasteiger partial charge in [0.25, 0.3) is 5.91 Å². The van der Waals surface area contributed by atoms with Crippen LogP contribution in [0.5, 0.6) is 0 Å². The topological polar surface area (TPSA) is 80.0 Å². The van der Waals surface area contributed by atoms with Gasteiger partial charge >= 0.3 is 0 Å². The molecule has 2 amide bonds. The van der Waals surface area contributed by atoms with Crippen LogP contribution in [0.4, 0.5) is 0 Å². The number of hydrogen-bond acceptors (Lipinski definition) is 5. The highest BCUT2D eigenvalue weighted by atomic mass is 16.5. The summed E-state index contributed by atoms with van der Waals surface area (Å²) in [5.41, 5.74) is 1.21. The zero-order valence-corrected chi connectivity index (χ0v) is 18.3. The summed E-state index contributed by atoms with van der Waals surface area (Å²) in [5, 5.41) is 3.28. The highest BCUT2D eigenvalue weighted by Gasteiger charge is 2.48. The molecular formula is C23H32N4O4. The van der Waals surface area contributed by atoms with E-state index in [9.17, 15) is 9.59 Å². The van der Waals surface area contributed by atoms with E-state index in [0.717, 1.165) is 50.8 Å². The standard InChI is InChI=1S/C23H32N4O4/c1-23(22(29)24-17-5-3-2-4-6-17)16-26-18-7-12-31-20(18)15-19(26)21(28)27(23)9-8-25-10-13-30-14-11-25/h7,12,15,17H,2-6,8-11,13-14,16H2,1H3,(H,24,29)/t23-/m0/s1. The molecule has 1 saturated heterocycles. The minimum atomic E-state index is -0.947. The Bertz CT molecular complexity index is 954. The first kappa shape index (κ1) is 20.6. The number of aromatic nitrogens is 1. The number of carbonyl (C=O) groups is 2. The summed E-state index contributed by atoms with van der Waals surface area (Å²) in [6.45, 7) is 6.74. The number of nitrogens with zero attached hydrogens (tertiary/aromatic N) is 3. The van der Waals surface area contributed by atoms with Crippen molar-refractivity contribution in [2.24, 2.45) is 0 Å². The second-order valence-corrected chi connectivity index (χ2v) is 9.28. The Morgan fingerprint density at radius 1 is 1.19 bits per heavy atom. The Morgan fingerprint density at radius 2 is 1.97 bits per heavy atom. The molecule has 8 nitrogen and oxygen atoms in total. The van der Waals surface area contributed by atoms with Crippen LogP contribution in [0.15, 0.2) is 22.8 Å². The molecule has 31 heavy (non-hydrogen) atoms. The molecule has 1 atom stereocenters. The predicted molar refractivity (Wildman–Crippen MR) is 116 cm³/mol. The molecule has 2 aliphatic heterocycles. The zero-order valence-electron chi connectivity index (χ0n) is 18.3. The monoisotopic (exact) mass is 428 g/mol. The number of furan rings is 1. The molecule has 3 aliphatic rings. The molecule has 1 saturated carbocycles. The molecule has 0 aromatic carbocycles. The second-order valence-electron chi connectivity index (χ2n) is 9.28. The van der Waals surface area contributed by atoms with Gasteiger partial charge < -0.3 is 23.9 Å². The molecule has 168 valence electrons. The summed E-state index contributed by atoms with van der Waals surface area (Å²) in [5.74, 6) is -0.155. The summed E-state index contributed by atoms with van der Waals surface area (Å²) in [7, 11) is 0. The lowest BCUT2D eigenvalue weighted by Gasteiger charge is -2.45. The Labute approximate surface area is 182 Å². The normalized spacial score (nSPS) is 25.7. The van der Waals surface area contributed by atoms with E-state index in [-0.39, 0.29) is 17.9 Å². The van der Waals surface area contributed by atoms with Crippen LogP contribution in [0.2, 0.25) is 0 Å². The van der Waals surface area contributed by atoms with E-state index < -0.39 is 5.54 Å². The van der Waals surface area contributed by atoms with Crippen LogP contribution in [-0.4, -0.2) is 77.2 Å². The molecule has 2 aromatic rings. The summed E-state index contributed by atoms with van der Waals surface area (Å²) in [4.78, 5) is 31.3. The zero-order chi connectivity index (χ0) is 21.4. The summed E-state index contributed by atoms with van der Waals surface area (Å²) in [6.07, 6.45) is 7.21. The largest absolute Gasteiger partial charge is 0.463 e. The van der Waals surface area contributed by atoms with Crippen LogP contribution in [-0.2, 0) is 16.1 Å². The Kier molecular flexibility index (Phi) is 5.52. The van der Waals surface area contributed by atoms with E-state index in [0.29, 0.717) is 37.6 Å². The first-order valence-electron chi connectivity index (χ1n) is 11.6. The number of rotatable bonds is 5. The van der Waals surface area contributed by atoms with Gasteiger partial charge in [0, 0.05) is 44.4 Å². The average molecular weight is 429 g/mol. The minimum absolute atomic E-state index is 0.0503. The third kappa shape index (κ3) is 3.76. The SMILES string of the molecule is C[C@@]1(C(=O)NC2CCCCC2)Cn2c(cc3occc32)C(=O)N1CCN1CCOCC1. The maximum atomic E-state index is 13.6. The van der Waals surface area contributed by atoms with Gasteiger partial charge in [-0.2, -0.15) is 0 Å². The molecule has 2 aromatic heterocycles. The van der Waals surface area contributed by atoms with Crippen molar-refractivity contribution in [2.45, 2.75) is 57.2 Å².